The summed E-state index contributed by atoms with van der Waals surface area (Å²) in [6.45, 7) is -0.147. The highest BCUT2D eigenvalue weighted by Gasteiger charge is 2.22. The highest BCUT2D eigenvalue weighted by atomic mass is 35.5. The molecule has 0 amide bonds. The minimum atomic E-state index is -0.860. The van der Waals surface area contributed by atoms with Crippen LogP contribution >= 0.6 is 23.2 Å². The fourth-order valence-electron chi connectivity index (χ4n) is 1.91. The van der Waals surface area contributed by atoms with E-state index in [0.29, 0.717) is 16.3 Å². The molecule has 0 fully saturated rings. The molecule has 2 aromatic carbocycles. The number of carbonyl (C=O) groups excluding carboxylic acids is 1. The molecule has 0 saturated carbocycles. The van der Waals surface area contributed by atoms with Gasteiger partial charge in [-0.25, -0.2) is 4.79 Å². The van der Waals surface area contributed by atoms with Crippen LogP contribution in [0.1, 0.15) is 15.9 Å². The third-order valence-electron chi connectivity index (χ3n) is 2.98. The van der Waals surface area contributed by atoms with Gasteiger partial charge in [-0.05, 0) is 30.3 Å². The first-order chi connectivity index (χ1) is 10.9. The Kier molecular flexibility index (Phi) is 5.41. The van der Waals surface area contributed by atoms with Gasteiger partial charge in [-0.2, -0.15) is 0 Å². The van der Waals surface area contributed by atoms with Gasteiger partial charge in [0.2, 0.25) is 0 Å². The van der Waals surface area contributed by atoms with Crippen molar-refractivity contribution in [2.45, 2.75) is 6.61 Å². The molecular formula is C15H11Cl2NO5. The van der Waals surface area contributed by atoms with Crippen LogP contribution in [-0.4, -0.2) is 18.0 Å². The lowest BCUT2D eigenvalue weighted by atomic mass is 10.2. The second-order valence-corrected chi connectivity index (χ2v) is 5.32. The number of benzene rings is 2. The fraction of sp³-hybridized carbons (Fsp3) is 0.133. The number of ether oxygens (including phenoxy) is 2. The fourth-order valence-corrected chi connectivity index (χ4v) is 2.28. The van der Waals surface area contributed by atoms with Crippen LogP contribution in [0.15, 0.2) is 36.4 Å². The van der Waals surface area contributed by atoms with Gasteiger partial charge in [0, 0.05) is 21.7 Å². The van der Waals surface area contributed by atoms with E-state index < -0.39 is 10.9 Å². The van der Waals surface area contributed by atoms with E-state index in [2.05, 4.69) is 0 Å². The first-order valence-corrected chi connectivity index (χ1v) is 7.11. The number of nitrogens with zero attached hydrogens (tertiary/aromatic N) is 1. The third kappa shape index (κ3) is 4.12. The number of methoxy groups -OCH3 is 1. The van der Waals surface area contributed by atoms with E-state index in [9.17, 15) is 14.9 Å². The summed E-state index contributed by atoms with van der Waals surface area (Å²) in [5, 5.41) is 11.6. The molecule has 0 atom stereocenters. The molecule has 0 aromatic heterocycles. The number of esters is 1. The highest BCUT2D eigenvalue weighted by Crippen LogP contribution is 2.26. The zero-order chi connectivity index (χ0) is 17.0. The van der Waals surface area contributed by atoms with Gasteiger partial charge in [0.05, 0.1) is 12.0 Å². The summed E-state index contributed by atoms with van der Waals surface area (Å²) in [5.41, 5.74) is -0.0565. The number of hydrogen-bond donors (Lipinski definition) is 0. The Morgan fingerprint density at radius 3 is 2.48 bits per heavy atom. The molecule has 0 spiro atoms. The molecular weight excluding hydrogens is 345 g/mol. The molecule has 0 radical (unpaired) electrons. The molecule has 0 N–H and O–H groups in total. The molecule has 23 heavy (non-hydrogen) atoms. The summed E-state index contributed by atoms with van der Waals surface area (Å²) in [5.74, 6) is -0.371. The summed E-state index contributed by atoms with van der Waals surface area (Å²) in [6.07, 6.45) is 0. The summed E-state index contributed by atoms with van der Waals surface area (Å²) in [4.78, 5) is 22.4. The highest BCUT2D eigenvalue weighted by molar-refractivity contribution is 6.31. The minimum absolute atomic E-state index is 0.147. The first kappa shape index (κ1) is 17.1. The molecule has 0 heterocycles. The van der Waals surface area contributed by atoms with Gasteiger partial charge in [0.1, 0.15) is 17.9 Å². The van der Waals surface area contributed by atoms with E-state index >= 15 is 0 Å². The number of halogens is 2. The molecule has 0 saturated heterocycles. The van der Waals surface area contributed by atoms with E-state index in [-0.39, 0.29) is 22.9 Å². The van der Waals surface area contributed by atoms with Crippen molar-refractivity contribution in [2.75, 3.05) is 7.11 Å². The quantitative estimate of drug-likeness (QED) is 0.454. The van der Waals surface area contributed by atoms with Crippen LogP contribution in [0, 0.1) is 10.1 Å². The van der Waals surface area contributed by atoms with E-state index in [1.807, 2.05) is 0 Å². The number of nitro groups is 1. The molecule has 0 aliphatic carbocycles. The van der Waals surface area contributed by atoms with E-state index in [1.54, 1.807) is 18.2 Å². The smallest absolute Gasteiger partial charge is 0.345 e. The molecule has 0 aliphatic heterocycles. The minimum Gasteiger partial charge on any atom is -0.496 e. The molecule has 0 aliphatic rings. The monoisotopic (exact) mass is 355 g/mol. The maximum Gasteiger partial charge on any atom is 0.345 e. The molecule has 120 valence electrons. The molecule has 0 unspecified atom stereocenters. The Labute approximate surface area is 141 Å². The second kappa shape index (κ2) is 7.30. The average Bonchev–Trinajstić information content (AvgIpc) is 2.52. The van der Waals surface area contributed by atoms with Crippen molar-refractivity contribution in [2.24, 2.45) is 0 Å². The van der Waals surface area contributed by atoms with Crippen molar-refractivity contribution in [3.05, 3.63) is 67.7 Å². The Hall–Kier alpha value is -2.31. The SMILES string of the molecule is COc1ccc(Cl)cc1COC(=O)c1cc(Cl)ccc1[N+](=O)[O-]. The number of rotatable bonds is 5. The van der Waals surface area contributed by atoms with Gasteiger partial charge < -0.3 is 9.47 Å². The van der Waals surface area contributed by atoms with Crippen LogP contribution in [0.5, 0.6) is 5.75 Å². The second-order valence-electron chi connectivity index (χ2n) is 4.45. The zero-order valence-corrected chi connectivity index (χ0v) is 13.4. The average molecular weight is 356 g/mol. The molecule has 2 rings (SSSR count). The van der Waals surface area contributed by atoms with Crippen LogP contribution < -0.4 is 4.74 Å². The van der Waals surface area contributed by atoms with Gasteiger partial charge in [-0.1, -0.05) is 23.2 Å². The molecule has 8 heteroatoms. The zero-order valence-electron chi connectivity index (χ0n) is 11.9. The lowest BCUT2D eigenvalue weighted by Crippen LogP contribution is -2.09. The Balaban J connectivity index is 2.22. The van der Waals surface area contributed by atoms with Gasteiger partial charge in [-0.15, -0.1) is 0 Å². The number of nitro benzene ring substituents is 1. The maximum atomic E-state index is 12.1. The maximum absolute atomic E-state index is 12.1. The van der Waals surface area contributed by atoms with E-state index in [0.717, 1.165) is 6.07 Å². The lowest BCUT2D eigenvalue weighted by Gasteiger charge is -2.10. The van der Waals surface area contributed by atoms with Gasteiger partial charge in [0.25, 0.3) is 5.69 Å². The van der Waals surface area contributed by atoms with Crippen molar-refractivity contribution >= 4 is 34.9 Å². The predicted molar refractivity (Wildman–Crippen MR) is 85.2 cm³/mol. The van der Waals surface area contributed by atoms with Gasteiger partial charge >= 0.3 is 5.97 Å². The lowest BCUT2D eigenvalue weighted by molar-refractivity contribution is -0.385. The van der Waals surface area contributed by atoms with Crippen molar-refractivity contribution < 1.29 is 19.2 Å². The first-order valence-electron chi connectivity index (χ1n) is 6.36. The standard InChI is InChI=1S/C15H11Cl2NO5/c1-22-14-5-3-10(16)6-9(14)8-23-15(19)12-7-11(17)2-4-13(12)18(20)21/h2-7H,8H2,1H3. The van der Waals surface area contributed by atoms with Crippen LogP contribution in [-0.2, 0) is 11.3 Å². The van der Waals surface area contributed by atoms with Crippen LogP contribution in [0.25, 0.3) is 0 Å². The third-order valence-corrected chi connectivity index (χ3v) is 3.45. The number of carbonyl (C=O) groups is 1. The summed E-state index contributed by atoms with van der Waals surface area (Å²) in [7, 11) is 1.47. The summed E-state index contributed by atoms with van der Waals surface area (Å²) >= 11 is 11.7. The predicted octanol–water partition coefficient (Wildman–Crippen LogP) is 4.27. The molecule has 0 bridgehead atoms. The van der Waals surface area contributed by atoms with Gasteiger partial charge in [0.15, 0.2) is 0 Å². The Morgan fingerprint density at radius 2 is 1.83 bits per heavy atom. The van der Waals surface area contributed by atoms with Crippen LogP contribution in [0.3, 0.4) is 0 Å². The van der Waals surface area contributed by atoms with Crippen LogP contribution in [0.4, 0.5) is 5.69 Å². The summed E-state index contributed by atoms with van der Waals surface area (Å²) < 4.78 is 10.3. The van der Waals surface area contributed by atoms with Gasteiger partial charge in [-0.3, -0.25) is 10.1 Å². The number of hydrogen-bond acceptors (Lipinski definition) is 5. The van der Waals surface area contributed by atoms with Crippen molar-refractivity contribution in [1.82, 2.24) is 0 Å². The van der Waals surface area contributed by atoms with E-state index in [4.69, 9.17) is 32.7 Å². The van der Waals surface area contributed by atoms with Crippen molar-refractivity contribution in [3.8, 4) is 5.75 Å². The van der Waals surface area contributed by atoms with Crippen LogP contribution in [0.2, 0.25) is 10.0 Å². The normalized spacial score (nSPS) is 10.2. The molecule has 2 aromatic rings. The topological polar surface area (TPSA) is 78.7 Å². The summed E-state index contributed by atoms with van der Waals surface area (Å²) in [6, 6.07) is 8.52. The van der Waals surface area contributed by atoms with E-state index in [1.165, 1.54) is 19.2 Å². The van der Waals surface area contributed by atoms with Crippen molar-refractivity contribution in [1.29, 1.82) is 0 Å². The Bertz CT molecular complexity index is 764. The Morgan fingerprint density at radius 1 is 1.17 bits per heavy atom. The van der Waals surface area contributed by atoms with Crippen molar-refractivity contribution in [3.63, 3.8) is 0 Å². The largest absolute Gasteiger partial charge is 0.496 e. The molecule has 6 nitrogen and oxygen atoms in total.